The van der Waals surface area contributed by atoms with Gasteiger partial charge in [0, 0.05) is 10.7 Å². The standard InChI is InChI=1S/C16H11ClN2O3S2/c17-11-6-8-13(9-7-11)24(21,22)16-14(18-10-23-16)15(20)19-12-4-2-1-3-5-12/h1-10H,(H,19,20). The molecule has 0 bridgehead atoms. The van der Waals surface area contributed by atoms with Crippen molar-refractivity contribution in [2.45, 2.75) is 9.10 Å². The lowest BCUT2D eigenvalue weighted by atomic mass is 10.3. The number of sulfone groups is 1. The fourth-order valence-electron chi connectivity index (χ4n) is 2.01. The molecule has 8 heteroatoms. The summed E-state index contributed by atoms with van der Waals surface area (Å²) in [5, 5.41) is 3.07. The lowest BCUT2D eigenvalue weighted by molar-refractivity contribution is 0.102. The maximum atomic E-state index is 12.7. The van der Waals surface area contributed by atoms with Gasteiger partial charge < -0.3 is 5.32 Å². The number of carbonyl (C=O) groups excluding carboxylic acids is 1. The molecule has 24 heavy (non-hydrogen) atoms. The summed E-state index contributed by atoms with van der Waals surface area (Å²) in [4.78, 5) is 16.4. The molecule has 0 aliphatic rings. The summed E-state index contributed by atoms with van der Waals surface area (Å²) in [6, 6.07) is 14.5. The second-order valence-corrected chi connectivity index (χ2v) is 8.20. The molecule has 3 aromatic rings. The molecule has 0 aliphatic heterocycles. The van der Waals surface area contributed by atoms with Crippen molar-refractivity contribution in [3.05, 3.63) is 70.8 Å². The van der Waals surface area contributed by atoms with Crippen molar-refractivity contribution >= 4 is 44.4 Å². The Kier molecular flexibility index (Phi) is 4.66. The van der Waals surface area contributed by atoms with Gasteiger partial charge in [0.05, 0.1) is 10.4 Å². The first kappa shape index (κ1) is 16.6. The van der Waals surface area contributed by atoms with E-state index in [0.29, 0.717) is 10.7 Å². The van der Waals surface area contributed by atoms with Crippen LogP contribution in [-0.4, -0.2) is 19.3 Å². The lowest BCUT2D eigenvalue weighted by Gasteiger charge is -2.06. The molecule has 5 nitrogen and oxygen atoms in total. The molecule has 1 N–H and O–H groups in total. The van der Waals surface area contributed by atoms with Crippen LogP contribution in [0.3, 0.4) is 0 Å². The molecule has 0 saturated carbocycles. The minimum atomic E-state index is -3.84. The number of thiazole rings is 1. The second-order valence-electron chi connectivity index (χ2n) is 4.77. The van der Waals surface area contributed by atoms with Gasteiger partial charge in [-0.15, -0.1) is 11.3 Å². The highest BCUT2D eigenvalue weighted by atomic mass is 35.5. The van der Waals surface area contributed by atoms with Crippen LogP contribution in [0.4, 0.5) is 5.69 Å². The van der Waals surface area contributed by atoms with E-state index in [9.17, 15) is 13.2 Å². The SMILES string of the molecule is O=C(Nc1ccccc1)c1ncsc1S(=O)(=O)c1ccc(Cl)cc1. The summed E-state index contributed by atoms with van der Waals surface area (Å²) in [6.07, 6.45) is 0. The topological polar surface area (TPSA) is 76.1 Å². The molecule has 0 fully saturated rings. The molecule has 0 saturated heterocycles. The van der Waals surface area contributed by atoms with E-state index >= 15 is 0 Å². The highest BCUT2D eigenvalue weighted by Gasteiger charge is 2.27. The van der Waals surface area contributed by atoms with Crippen molar-refractivity contribution in [2.75, 3.05) is 5.32 Å². The third kappa shape index (κ3) is 3.33. The first-order valence-electron chi connectivity index (χ1n) is 6.79. The number of hydrogen-bond donors (Lipinski definition) is 1. The summed E-state index contributed by atoms with van der Waals surface area (Å²) < 4.78 is 25.4. The number of hydrogen-bond acceptors (Lipinski definition) is 5. The number of benzene rings is 2. The molecule has 0 atom stereocenters. The van der Waals surface area contributed by atoms with Gasteiger partial charge in [-0.3, -0.25) is 4.79 Å². The number of nitrogens with zero attached hydrogens (tertiary/aromatic N) is 1. The molecular weight excluding hydrogens is 368 g/mol. The molecule has 2 aromatic carbocycles. The summed E-state index contributed by atoms with van der Waals surface area (Å²) in [5.41, 5.74) is 1.77. The molecular formula is C16H11ClN2O3S2. The van der Waals surface area contributed by atoms with E-state index in [-0.39, 0.29) is 14.8 Å². The lowest BCUT2D eigenvalue weighted by Crippen LogP contribution is -2.16. The molecule has 0 radical (unpaired) electrons. The number of amides is 1. The van der Waals surface area contributed by atoms with Crippen LogP contribution >= 0.6 is 22.9 Å². The van der Waals surface area contributed by atoms with Crippen molar-refractivity contribution in [1.29, 1.82) is 0 Å². The minimum Gasteiger partial charge on any atom is -0.321 e. The van der Waals surface area contributed by atoms with Gasteiger partial charge in [-0.25, -0.2) is 13.4 Å². The van der Waals surface area contributed by atoms with Crippen LogP contribution in [-0.2, 0) is 9.84 Å². The van der Waals surface area contributed by atoms with Crippen LogP contribution < -0.4 is 5.32 Å². The van der Waals surface area contributed by atoms with Crippen LogP contribution in [0.15, 0.2) is 69.2 Å². The van der Waals surface area contributed by atoms with Gasteiger partial charge in [0.2, 0.25) is 9.84 Å². The Labute approximate surface area is 147 Å². The summed E-state index contributed by atoms with van der Waals surface area (Å²) in [7, 11) is -3.84. The zero-order chi connectivity index (χ0) is 17.2. The predicted molar refractivity (Wildman–Crippen MR) is 93.4 cm³/mol. The van der Waals surface area contributed by atoms with Crippen LogP contribution in [0.25, 0.3) is 0 Å². The number of rotatable bonds is 4. The summed E-state index contributed by atoms with van der Waals surface area (Å²) in [5.74, 6) is -0.574. The number of anilines is 1. The molecule has 122 valence electrons. The molecule has 3 rings (SSSR count). The van der Waals surface area contributed by atoms with E-state index in [1.54, 1.807) is 24.3 Å². The van der Waals surface area contributed by atoms with Gasteiger partial charge in [-0.05, 0) is 36.4 Å². The number of para-hydroxylation sites is 1. The predicted octanol–water partition coefficient (Wildman–Crippen LogP) is 3.88. The smallest absolute Gasteiger partial charge is 0.276 e. The van der Waals surface area contributed by atoms with Gasteiger partial charge >= 0.3 is 0 Å². The van der Waals surface area contributed by atoms with Crippen molar-refractivity contribution in [2.24, 2.45) is 0 Å². The van der Waals surface area contributed by atoms with Gasteiger partial charge in [0.25, 0.3) is 5.91 Å². The minimum absolute atomic E-state index is 0.0601. The van der Waals surface area contributed by atoms with Crippen molar-refractivity contribution in [3.8, 4) is 0 Å². The van der Waals surface area contributed by atoms with Crippen LogP contribution in [0.5, 0.6) is 0 Å². The van der Waals surface area contributed by atoms with Gasteiger partial charge in [-0.2, -0.15) is 0 Å². The molecule has 0 spiro atoms. The monoisotopic (exact) mass is 378 g/mol. The Morgan fingerprint density at radius 2 is 1.71 bits per heavy atom. The summed E-state index contributed by atoms with van der Waals surface area (Å²) in [6.45, 7) is 0. The Hall–Kier alpha value is -2.22. The zero-order valence-corrected chi connectivity index (χ0v) is 14.5. The maximum Gasteiger partial charge on any atom is 0.276 e. The van der Waals surface area contributed by atoms with E-state index < -0.39 is 15.7 Å². The largest absolute Gasteiger partial charge is 0.321 e. The van der Waals surface area contributed by atoms with Crippen molar-refractivity contribution in [3.63, 3.8) is 0 Å². The quantitative estimate of drug-likeness (QED) is 0.747. The fourth-order valence-corrected chi connectivity index (χ4v) is 4.68. The Morgan fingerprint density at radius 1 is 1.04 bits per heavy atom. The highest BCUT2D eigenvalue weighted by molar-refractivity contribution is 7.93. The van der Waals surface area contributed by atoms with Crippen LogP contribution in [0, 0.1) is 0 Å². The number of nitrogens with one attached hydrogen (secondary N) is 1. The number of carbonyl (C=O) groups is 1. The fraction of sp³-hybridized carbons (Fsp3) is 0. The Balaban J connectivity index is 1.95. The Bertz CT molecular complexity index is 968. The number of halogens is 1. The van der Waals surface area contributed by atoms with E-state index in [2.05, 4.69) is 10.3 Å². The van der Waals surface area contributed by atoms with Crippen molar-refractivity contribution in [1.82, 2.24) is 4.98 Å². The third-order valence-corrected chi connectivity index (χ3v) is 6.54. The van der Waals surface area contributed by atoms with Crippen molar-refractivity contribution < 1.29 is 13.2 Å². The maximum absolute atomic E-state index is 12.7. The van der Waals surface area contributed by atoms with Gasteiger partial charge in [-0.1, -0.05) is 29.8 Å². The summed E-state index contributed by atoms with van der Waals surface area (Å²) >= 11 is 6.69. The molecule has 0 aliphatic carbocycles. The van der Waals surface area contributed by atoms with E-state index in [1.165, 1.54) is 29.8 Å². The molecule has 0 unspecified atom stereocenters. The molecule has 1 heterocycles. The van der Waals surface area contributed by atoms with E-state index in [4.69, 9.17) is 11.6 Å². The van der Waals surface area contributed by atoms with Crippen LogP contribution in [0.1, 0.15) is 10.5 Å². The first-order valence-corrected chi connectivity index (χ1v) is 9.53. The van der Waals surface area contributed by atoms with Crippen LogP contribution in [0.2, 0.25) is 5.02 Å². The average molecular weight is 379 g/mol. The molecule has 1 aromatic heterocycles. The highest BCUT2D eigenvalue weighted by Crippen LogP contribution is 2.28. The van der Waals surface area contributed by atoms with E-state index in [1.807, 2.05) is 6.07 Å². The zero-order valence-electron chi connectivity index (χ0n) is 12.1. The first-order chi connectivity index (χ1) is 11.5. The average Bonchev–Trinajstić information content (AvgIpc) is 3.07. The third-order valence-electron chi connectivity index (χ3n) is 3.15. The van der Waals surface area contributed by atoms with Gasteiger partial charge in [0.1, 0.15) is 0 Å². The number of aromatic nitrogens is 1. The van der Waals surface area contributed by atoms with E-state index in [0.717, 1.165) is 11.3 Å². The second kappa shape index (κ2) is 6.72. The molecule has 1 amide bonds. The normalized spacial score (nSPS) is 11.2. The Morgan fingerprint density at radius 3 is 2.38 bits per heavy atom. The van der Waals surface area contributed by atoms with Gasteiger partial charge in [0.15, 0.2) is 9.90 Å².